The fraction of sp³-hybridized carbons (Fsp3) is 0.480. The van der Waals surface area contributed by atoms with Crippen molar-refractivity contribution in [3.8, 4) is 5.75 Å². The molecule has 2 aliphatic rings. The van der Waals surface area contributed by atoms with E-state index in [9.17, 15) is 40.0 Å². The molecule has 206 valence electrons. The molecule has 1 aromatic heterocycles. The molecule has 4 rings (SSSR count). The van der Waals surface area contributed by atoms with E-state index >= 15 is 0 Å². The molecule has 0 radical (unpaired) electrons. The third-order valence-electron chi connectivity index (χ3n) is 7.13. The highest BCUT2D eigenvalue weighted by atomic mass is 32.2. The van der Waals surface area contributed by atoms with Crippen LogP contribution in [-0.4, -0.2) is 49.1 Å². The molecule has 3 heterocycles. The lowest BCUT2D eigenvalue weighted by atomic mass is 9.78. The molecule has 0 N–H and O–H groups in total. The van der Waals surface area contributed by atoms with E-state index in [-0.39, 0.29) is 35.2 Å². The average Bonchev–Trinajstić information content (AvgIpc) is 3.02. The number of carbonyl (C=O) groups is 2. The van der Waals surface area contributed by atoms with Gasteiger partial charge in [-0.25, -0.2) is 17.8 Å². The largest absolute Gasteiger partial charge is 0.461 e. The number of ether oxygens (including phenoxy) is 1. The molecule has 0 spiro atoms. The van der Waals surface area contributed by atoms with Gasteiger partial charge in [0, 0.05) is 18.1 Å². The van der Waals surface area contributed by atoms with Gasteiger partial charge in [-0.15, -0.1) is 0 Å². The Morgan fingerprint density at radius 1 is 1.16 bits per heavy atom. The first-order chi connectivity index (χ1) is 17.5. The molecular weight excluding hydrogens is 535 g/mol. The number of aromatic nitrogens is 1. The van der Waals surface area contributed by atoms with Crippen LogP contribution in [0.1, 0.15) is 56.0 Å². The number of hydrogen-bond acceptors (Lipinski definition) is 6. The van der Waals surface area contributed by atoms with Crippen LogP contribution in [0.25, 0.3) is 0 Å². The van der Waals surface area contributed by atoms with Gasteiger partial charge in [-0.3, -0.25) is 14.5 Å². The lowest BCUT2D eigenvalue weighted by molar-refractivity contribution is -0.254. The second-order valence-corrected chi connectivity index (χ2v) is 12.8. The third kappa shape index (κ3) is 5.12. The predicted molar refractivity (Wildman–Crippen MR) is 127 cm³/mol. The minimum atomic E-state index is -4.97. The van der Waals surface area contributed by atoms with Crippen LogP contribution in [0.4, 0.5) is 33.5 Å². The molecule has 0 atom stereocenters. The third-order valence-corrected chi connectivity index (χ3v) is 8.78. The van der Waals surface area contributed by atoms with E-state index in [4.69, 9.17) is 0 Å². The number of hydrogen-bond donors (Lipinski definition) is 0. The number of fused-ring (bicyclic) bond motifs is 1. The number of benzene rings is 1. The molecule has 38 heavy (non-hydrogen) atoms. The Hall–Kier alpha value is -3.09. The number of anilines is 2. The molecule has 7 nitrogen and oxygen atoms in total. The first kappa shape index (κ1) is 27.9. The highest BCUT2D eigenvalue weighted by Crippen LogP contribution is 2.46. The Morgan fingerprint density at radius 2 is 1.79 bits per heavy atom. The lowest BCUT2D eigenvalue weighted by Crippen LogP contribution is -2.35. The van der Waals surface area contributed by atoms with E-state index in [2.05, 4.69) is 9.72 Å². The van der Waals surface area contributed by atoms with Gasteiger partial charge in [0.1, 0.15) is 15.7 Å². The fourth-order valence-corrected chi connectivity index (χ4v) is 6.45. The standard InChI is InChI=1S/C25H25F5N2O5S/c1-23(2)15-10-14(18(33)12-24(3)6-8-38(35,36)9-7-24)4-5-17(15)32(22(23)34)20-11-19(16(26)13-31-20)37-25(29,30)21(27)28/h4-5,10-11,13,21H,6-9,12H2,1-3H3. The summed E-state index contributed by atoms with van der Waals surface area (Å²) in [7, 11) is -3.11. The molecule has 0 bridgehead atoms. The summed E-state index contributed by atoms with van der Waals surface area (Å²) >= 11 is 0. The zero-order valence-electron chi connectivity index (χ0n) is 20.7. The van der Waals surface area contributed by atoms with Crippen LogP contribution in [0.5, 0.6) is 5.75 Å². The minimum Gasteiger partial charge on any atom is -0.425 e. The Bertz CT molecular complexity index is 1400. The van der Waals surface area contributed by atoms with Crippen molar-refractivity contribution in [2.75, 3.05) is 16.4 Å². The summed E-state index contributed by atoms with van der Waals surface area (Å²) in [5.74, 6) is -3.76. The summed E-state index contributed by atoms with van der Waals surface area (Å²) in [5, 5.41) is 0. The van der Waals surface area contributed by atoms with Crippen molar-refractivity contribution in [1.82, 2.24) is 4.98 Å². The van der Waals surface area contributed by atoms with E-state index in [1.54, 1.807) is 13.8 Å². The highest BCUT2D eigenvalue weighted by Gasteiger charge is 2.47. The van der Waals surface area contributed by atoms with Gasteiger partial charge in [0.05, 0.1) is 28.8 Å². The molecule has 0 unspecified atom stereocenters. The normalized spacial score (nSPS) is 19.9. The monoisotopic (exact) mass is 560 g/mol. The summed E-state index contributed by atoms with van der Waals surface area (Å²) in [6, 6.07) is 5.09. The van der Waals surface area contributed by atoms with E-state index in [1.165, 1.54) is 18.2 Å². The first-order valence-corrected chi connectivity index (χ1v) is 13.5. The van der Waals surface area contributed by atoms with Gasteiger partial charge in [-0.05, 0) is 55.9 Å². The molecule has 0 saturated carbocycles. The van der Waals surface area contributed by atoms with Gasteiger partial charge in [0.15, 0.2) is 17.3 Å². The molecule has 1 amide bonds. The maximum atomic E-state index is 14.1. The predicted octanol–water partition coefficient (Wildman–Crippen LogP) is 5.20. The van der Waals surface area contributed by atoms with Crippen molar-refractivity contribution in [2.45, 2.75) is 58.0 Å². The van der Waals surface area contributed by atoms with Gasteiger partial charge in [0.2, 0.25) is 5.91 Å². The van der Waals surface area contributed by atoms with E-state index < -0.39 is 50.7 Å². The molecule has 13 heteroatoms. The van der Waals surface area contributed by atoms with Crippen molar-refractivity contribution in [2.24, 2.45) is 5.41 Å². The van der Waals surface area contributed by atoms with Gasteiger partial charge in [0.25, 0.3) is 0 Å². The maximum Gasteiger partial charge on any atom is 0.461 e. The maximum absolute atomic E-state index is 14.1. The molecule has 2 aromatic rings. The number of Topliss-reactive ketones (excluding diaryl/α,β-unsaturated/α-hetero) is 1. The van der Waals surface area contributed by atoms with Crippen LogP contribution in [-0.2, 0) is 20.0 Å². The van der Waals surface area contributed by atoms with Crippen LogP contribution in [0, 0.1) is 11.2 Å². The number of nitrogens with zero attached hydrogens (tertiary/aromatic N) is 2. The molecular formula is C25H25F5N2O5S. The van der Waals surface area contributed by atoms with Gasteiger partial charge >= 0.3 is 12.5 Å². The number of sulfone groups is 1. The summed E-state index contributed by atoms with van der Waals surface area (Å²) in [5.41, 5.74) is -0.742. The summed E-state index contributed by atoms with van der Waals surface area (Å²) in [6.07, 6.45) is -7.89. The number of amides is 1. The Labute approximate surface area is 215 Å². The average molecular weight is 561 g/mol. The highest BCUT2D eigenvalue weighted by molar-refractivity contribution is 7.91. The Balaban J connectivity index is 1.65. The van der Waals surface area contributed by atoms with Crippen molar-refractivity contribution < 1.29 is 44.7 Å². The number of carbonyl (C=O) groups excluding carboxylic acids is 2. The fourth-order valence-electron chi connectivity index (χ4n) is 4.64. The summed E-state index contributed by atoms with van der Waals surface area (Å²) in [6.45, 7) is 5.00. The Morgan fingerprint density at radius 3 is 2.39 bits per heavy atom. The molecule has 0 aliphatic carbocycles. The van der Waals surface area contributed by atoms with Gasteiger partial charge < -0.3 is 4.74 Å². The van der Waals surface area contributed by atoms with Crippen molar-refractivity contribution in [3.63, 3.8) is 0 Å². The first-order valence-electron chi connectivity index (χ1n) is 11.7. The lowest BCUT2D eigenvalue weighted by Gasteiger charge is -2.32. The molecule has 1 aromatic carbocycles. The Kier molecular flexibility index (Phi) is 6.82. The van der Waals surface area contributed by atoms with E-state index in [1.807, 2.05) is 6.92 Å². The number of ketones is 1. The van der Waals surface area contributed by atoms with Crippen molar-refractivity contribution in [1.29, 1.82) is 0 Å². The summed E-state index contributed by atoms with van der Waals surface area (Å²) in [4.78, 5) is 31.3. The summed E-state index contributed by atoms with van der Waals surface area (Å²) < 4.78 is 93.5. The zero-order chi connectivity index (χ0) is 28.3. The van der Waals surface area contributed by atoms with Crippen LogP contribution in [0.3, 0.4) is 0 Å². The minimum absolute atomic E-state index is 0.0110. The second-order valence-electron chi connectivity index (χ2n) is 10.5. The van der Waals surface area contributed by atoms with E-state index in [0.29, 0.717) is 36.2 Å². The van der Waals surface area contributed by atoms with Crippen LogP contribution < -0.4 is 9.64 Å². The SMILES string of the molecule is CC1(CC(=O)c2ccc3c(c2)C(C)(C)C(=O)N3c2cc(OC(F)(F)C(F)F)c(F)cn2)CCS(=O)(=O)CC1. The molecule has 1 fully saturated rings. The quantitative estimate of drug-likeness (QED) is 0.341. The van der Waals surface area contributed by atoms with E-state index in [0.717, 1.165) is 4.90 Å². The van der Waals surface area contributed by atoms with Gasteiger partial charge in [-0.1, -0.05) is 6.92 Å². The second kappa shape index (κ2) is 9.28. The smallest absolute Gasteiger partial charge is 0.425 e. The topological polar surface area (TPSA) is 93.6 Å². The van der Waals surface area contributed by atoms with Gasteiger partial charge in [-0.2, -0.15) is 17.6 Å². The number of halogens is 5. The van der Waals surface area contributed by atoms with Crippen molar-refractivity contribution >= 4 is 33.0 Å². The molecule has 1 saturated heterocycles. The zero-order valence-corrected chi connectivity index (χ0v) is 21.5. The van der Waals surface area contributed by atoms with Crippen LogP contribution in [0.15, 0.2) is 30.5 Å². The number of alkyl halides is 4. The molecule has 2 aliphatic heterocycles. The van der Waals surface area contributed by atoms with Crippen molar-refractivity contribution in [3.05, 3.63) is 47.4 Å². The van der Waals surface area contributed by atoms with Crippen LogP contribution >= 0.6 is 0 Å². The van der Waals surface area contributed by atoms with Crippen LogP contribution in [0.2, 0.25) is 0 Å². The number of pyridine rings is 1. The number of rotatable bonds is 7.